The fraction of sp³-hybridized carbons (Fsp3) is 0.500. The van der Waals surface area contributed by atoms with Crippen molar-refractivity contribution in [2.24, 2.45) is 5.92 Å². The van der Waals surface area contributed by atoms with Crippen LogP contribution in [0.3, 0.4) is 0 Å². The van der Waals surface area contributed by atoms with E-state index in [0.29, 0.717) is 5.92 Å². The first-order chi connectivity index (χ1) is 5.77. The lowest BCUT2D eigenvalue weighted by molar-refractivity contribution is 0.585. The van der Waals surface area contributed by atoms with Crippen LogP contribution in [0.1, 0.15) is 12.5 Å². The molecule has 0 saturated heterocycles. The van der Waals surface area contributed by atoms with E-state index < -0.39 is 0 Å². The van der Waals surface area contributed by atoms with Crippen molar-refractivity contribution < 1.29 is 0 Å². The highest BCUT2D eigenvalue weighted by Gasteiger charge is 2.17. The Hall–Kier alpha value is -1.32. The van der Waals surface area contributed by atoms with Crippen molar-refractivity contribution in [1.29, 1.82) is 0 Å². The van der Waals surface area contributed by atoms with E-state index in [-0.39, 0.29) is 5.56 Å². The maximum absolute atomic E-state index is 11.3. The third kappa shape index (κ3) is 1.09. The van der Waals surface area contributed by atoms with Crippen LogP contribution in [0.2, 0.25) is 0 Å². The highest BCUT2D eigenvalue weighted by atomic mass is 16.1. The number of hydrogen-bond donors (Lipinski definition) is 2. The fourth-order valence-electron chi connectivity index (χ4n) is 1.46. The summed E-state index contributed by atoms with van der Waals surface area (Å²) in [6, 6.07) is 0. The molecule has 2 N–H and O–H groups in total. The van der Waals surface area contributed by atoms with Crippen LogP contribution in [0.4, 0.5) is 5.82 Å². The van der Waals surface area contributed by atoms with Gasteiger partial charge in [-0.25, -0.2) is 4.98 Å². The van der Waals surface area contributed by atoms with Crippen LogP contribution in [0.15, 0.2) is 11.1 Å². The van der Waals surface area contributed by atoms with Crippen LogP contribution in [0.5, 0.6) is 0 Å². The molecule has 1 aliphatic heterocycles. The maximum atomic E-state index is 11.3. The van der Waals surface area contributed by atoms with Gasteiger partial charge in [0.1, 0.15) is 5.82 Å². The predicted molar refractivity (Wildman–Crippen MR) is 46.2 cm³/mol. The van der Waals surface area contributed by atoms with Crippen molar-refractivity contribution in [2.75, 3.05) is 11.9 Å². The summed E-state index contributed by atoms with van der Waals surface area (Å²) < 4.78 is 0. The first kappa shape index (κ1) is 7.34. The second-order valence-corrected chi connectivity index (χ2v) is 3.25. The van der Waals surface area contributed by atoms with Crippen molar-refractivity contribution in [3.63, 3.8) is 0 Å². The number of fused-ring (bicyclic) bond motifs is 1. The van der Waals surface area contributed by atoms with E-state index in [0.717, 1.165) is 24.3 Å². The van der Waals surface area contributed by atoms with Gasteiger partial charge in [0, 0.05) is 6.54 Å². The number of hydrogen-bond acceptors (Lipinski definition) is 3. The molecular formula is C8H11N3O. The summed E-state index contributed by atoms with van der Waals surface area (Å²) in [6.45, 7) is 3.02. The fourth-order valence-corrected chi connectivity index (χ4v) is 1.46. The SMILES string of the molecule is C[C@@H]1CNc2nc[nH]c(=O)c2C1. The van der Waals surface area contributed by atoms with Crippen LogP contribution >= 0.6 is 0 Å². The molecule has 4 heteroatoms. The third-order valence-electron chi connectivity index (χ3n) is 2.12. The molecule has 0 amide bonds. The molecule has 4 nitrogen and oxygen atoms in total. The summed E-state index contributed by atoms with van der Waals surface area (Å²) in [6.07, 6.45) is 2.26. The number of aromatic nitrogens is 2. The van der Waals surface area contributed by atoms with Gasteiger partial charge in [-0.15, -0.1) is 0 Å². The first-order valence-corrected chi connectivity index (χ1v) is 4.08. The molecule has 2 heterocycles. The van der Waals surface area contributed by atoms with Gasteiger partial charge in [-0.3, -0.25) is 4.79 Å². The van der Waals surface area contributed by atoms with Gasteiger partial charge in [-0.2, -0.15) is 0 Å². The molecule has 0 aromatic carbocycles. The van der Waals surface area contributed by atoms with Crippen LogP contribution in [-0.2, 0) is 6.42 Å². The van der Waals surface area contributed by atoms with Gasteiger partial charge in [-0.05, 0) is 12.3 Å². The molecule has 0 fully saturated rings. The number of H-pyrrole nitrogens is 1. The summed E-state index contributed by atoms with van der Waals surface area (Å²) >= 11 is 0. The number of nitrogens with one attached hydrogen (secondary N) is 2. The molecular weight excluding hydrogens is 154 g/mol. The van der Waals surface area contributed by atoms with Crippen LogP contribution in [-0.4, -0.2) is 16.5 Å². The predicted octanol–water partition coefficient (Wildman–Crippen LogP) is 0.374. The van der Waals surface area contributed by atoms with Gasteiger partial charge in [0.2, 0.25) is 0 Å². The summed E-state index contributed by atoms with van der Waals surface area (Å²) in [5.41, 5.74) is 0.773. The Balaban J connectivity index is 2.50. The number of nitrogens with zero attached hydrogens (tertiary/aromatic N) is 1. The van der Waals surface area contributed by atoms with E-state index >= 15 is 0 Å². The van der Waals surface area contributed by atoms with Crippen molar-refractivity contribution in [2.45, 2.75) is 13.3 Å². The number of aromatic amines is 1. The molecule has 0 unspecified atom stereocenters. The Bertz CT molecular complexity index is 344. The van der Waals surface area contributed by atoms with E-state index in [4.69, 9.17) is 0 Å². The smallest absolute Gasteiger partial charge is 0.256 e. The molecule has 0 radical (unpaired) electrons. The van der Waals surface area contributed by atoms with Gasteiger partial charge in [-0.1, -0.05) is 6.92 Å². The molecule has 64 valence electrons. The average Bonchev–Trinajstić information content (AvgIpc) is 2.07. The number of rotatable bonds is 0. The number of anilines is 1. The zero-order valence-electron chi connectivity index (χ0n) is 6.92. The minimum absolute atomic E-state index is 0.0148. The average molecular weight is 165 g/mol. The standard InChI is InChI=1S/C8H11N3O/c1-5-2-6-7(9-3-5)10-4-11-8(6)12/h4-5H,2-3H2,1H3,(H2,9,10,11,12)/t5-/m0/s1. The highest BCUT2D eigenvalue weighted by molar-refractivity contribution is 5.44. The summed E-state index contributed by atoms with van der Waals surface area (Å²) in [5.74, 6) is 1.26. The topological polar surface area (TPSA) is 57.8 Å². The monoisotopic (exact) mass is 165 g/mol. The van der Waals surface area contributed by atoms with E-state index in [2.05, 4.69) is 22.2 Å². The van der Waals surface area contributed by atoms with Gasteiger partial charge >= 0.3 is 0 Å². The maximum Gasteiger partial charge on any atom is 0.256 e. The zero-order chi connectivity index (χ0) is 8.55. The van der Waals surface area contributed by atoms with Crippen molar-refractivity contribution in [1.82, 2.24) is 9.97 Å². The normalized spacial score (nSPS) is 21.2. The Morgan fingerprint density at radius 1 is 1.67 bits per heavy atom. The molecule has 1 atom stereocenters. The van der Waals surface area contributed by atoms with E-state index in [9.17, 15) is 4.79 Å². The summed E-state index contributed by atoms with van der Waals surface area (Å²) in [4.78, 5) is 17.9. The van der Waals surface area contributed by atoms with Crippen LogP contribution < -0.4 is 10.9 Å². The Morgan fingerprint density at radius 2 is 2.50 bits per heavy atom. The molecule has 1 aliphatic rings. The lowest BCUT2D eigenvalue weighted by atomic mass is 9.99. The van der Waals surface area contributed by atoms with Gasteiger partial charge in [0.15, 0.2) is 0 Å². The molecule has 0 aliphatic carbocycles. The molecule has 0 saturated carbocycles. The van der Waals surface area contributed by atoms with Crippen molar-refractivity contribution >= 4 is 5.82 Å². The van der Waals surface area contributed by atoms with E-state index in [1.807, 2.05) is 0 Å². The van der Waals surface area contributed by atoms with Crippen molar-refractivity contribution in [3.05, 3.63) is 22.2 Å². The molecule has 1 aromatic rings. The van der Waals surface area contributed by atoms with Gasteiger partial charge < -0.3 is 10.3 Å². The quantitative estimate of drug-likeness (QED) is 0.584. The highest BCUT2D eigenvalue weighted by Crippen LogP contribution is 2.17. The van der Waals surface area contributed by atoms with Crippen molar-refractivity contribution in [3.8, 4) is 0 Å². The molecule has 0 spiro atoms. The van der Waals surface area contributed by atoms with Crippen LogP contribution in [0, 0.1) is 5.92 Å². The molecule has 2 rings (SSSR count). The first-order valence-electron chi connectivity index (χ1n) is 4.08. The molecule has 0 bridgehead atoms. The van der Waals surface area contributed by atoms with E-state index in [1.165, 1.54) is 6.33 Å². The van der Waals surface area contributed by atoms with Gasteiger partial charge in [0.25, 0.3) is 5.56 Å². The minimum atomic E-state index is -0.0148. The summed E-state index contributed by atoms with van der Waals surface area (Å²) in [7, 11) is 0. The van der Waals surface area contributed by atoms with Crippen LogP contribution in [0.25, 0.3) is 0 Å². The van der Waals surface area contributed by atoms with E-state index in [1.54, 1.807) is 0 Å². The lowest BCUT2D eigenvalue weighted by Crippen LogP contribution is -2.28. The largest absolute Gasteiger partial charge is 0.369 e. The molecule has 12 heavy (non-hydrogen) atoms. The summed E-state index contributed by atoms with van der Waals surface area (Å²) in [5, 5.41) is 3.12. The van der Waals surface area contributed by atoms with Gasteiger partial charge in [0.05, 0.1) is 11.9 Å². The Kier molecular flexibility index (Phi) is 1.60. The third-order valence-corrected chi connectivity index (χ3v) is 2.12. The Morgan fingerprint density at radius 3 is 3.33 bits per heavy atom. The minimum Gasteiger partial charge on any atom is -0.369 e. The molecule has 1 aromatic heterocycles. The second-order valence-electron chi connectivity index (χ2n) is 3.25. The second kappa shape index (κ2) is 2.62. The Labute approximate surface area is 70.0 Å². The zero-order valence-corrected chi connectivity index (χ0v) is 6.92. The lowest BCUT2D eigenvalue weighted by Gasteiger charge is -2.20.